The predicted octanol–water partition coefficient (Wildman–Crippen LogP) is 0.840. The van der Waals surface area contributed by atoms with E-state index in [0.29, 0.717) is 13.0 Å². The first-order chi connectivity index (χ1) is 12.8. The van der Waals surface area contributed by atoms with E-state index in [0.717, 1.165) is 5.56 Å². The number of carbonyl (C=O) groups is 4. The number of hydrogen-bond donors (Lipinski definition) is 2. The number of amides is 4. The van der Waals surface area contributed by atoms with Crippen LogP contribution in [0, 0.1) is 11.8 Å². The summed E-state index contributed by atoms with van der Waals surface area (Å²) in [7, 11) is 0. The molecule has 1 heterocycles. The molecule has 0 spiro atoms. The van der Waals surface area contributed by atoms with Crippen LogP contribution in [0.5, 0.6) is 0 Å². The van der Waals surface area contributed by atoms with E-state index < -0.39 is 29.9 Å². The number of carbonyl (C=O) groups excluding carboxylic acids is 4. The van der Waals surface area contributed by atoms with E-state index in [1.54, 1.807) is 18.7 Å². The van der Waals surface area contributed by atoms with Crippen LogP contribution < -0.4 is 11.1 Å². The first-order valence-electron chi connectivity index (χ1n) is 8.90. The molecular formula is C19H25N3O5. The maximum atomic E-state index is 12.4. The van der Waals surface area contributed by atoms with Crippen molar-refractivity contribution in [2.45, 2.75) is 32.8 Å². The van der Waals surface area contributed by atoms with Gasteiger partial charge < -0.3 is 15.4 Å². The number of rotatable bonds is 7. The molecule has 1 aromatic carbocycles. The standard InChI is InChI=1S/C19H25N3O5/c1-12(2)16(17(24)21-19(20)26)27-18(25)14-10-15(23)22(11-14)9-8-13-6-4-3-5-7-13/h3-7,12,14,16H,8-11H2,1-2H3,(H3,20,21,24,26)/t14-,16+/m1/s1. The van der Waals surface area contributed by atoms with Gasteiger partial charge in [0.15, 0.2) is 6.10 Å². The van der Waals surface area contributed by atoms with E-state index in [4.69, 9.17) is 10.5 Å². The fourth-order valence-corrected chi connectivity index (χ4v) is 2.96. The SMILES string of the molecule is CC(C)[C@H](OC(=O)[C@@H]1CC(=O)N(CCc2ccccc2)C1)C(=O)NC(N)=O. The molecule has 146 valence electrons. The lowest BCUT2D eigenvalue weighted by Crippen LogP contribution is -2.46. The molecule has 0 saturated carbocycles. The average Bonchev–Trinajstić information content (AvgIpc) is 2.98. The number of imide groups is 1. The van der Waals surface area contributed by atoms with E-state index >= 15 is 0 Å². The molecule has 0 aromatic heterocycles. The van der Waals surface area contributed by atoms with Gasteiger partial charge >= 0.3 is 12.0 Å². The second-order valence-electron chi connectivity index (χ2n) is 6.93. The molecule has 2 rings (SSSR count). The number of urea groups is 1. The van der Waals surface area contributed by atoms with Crippen molar-refractivity contribution in [1.82, 2.24) is 10.2 Å². The fraction of sp³-hybridized carbons (Fsp3) is 0.474. The predicted molar refractivity (Wildman–Crippen MR) is 97.3 cm³/mol. The van der Waals surface area contributed by atoms with Gasteiger partial charge in [-0.3, -0.25) is 19.7 Å². The summed E-state index contributed by atoms with van der Waals surface area (Å²) in [6, 6.07) is 8.75. The van der Waals surface area contributed by atoms with Crippen molar-refractivity contribution < 1.29 is 23.9 Å². The highest BCUT2D eigenvalue weighted by molar-refractivity contribution is 5.97. The second-order valence-corrected chi connectivity index (χ2v) is 6.93. The van der Waals surface area contributed by atoms with Crippen molar-refractivity contribution in [3.05, 3.63) is 35.9 Å². The van der Waals surface area contributed by atoms with Crippen molar-refractivity contribution in [3.63, 3.8) is 0 Å². The number of esters is 1. The number of primary amides is 1. The number of ether oxygens (including phenoxy) is 1. The molecule has 0 aliphatic carbocycles. The summed E-state index contributed by atoms with van der Waals surface area (Å²) in [4.78, 5) is 49.1. The van der Waals surface area contributed by atoms with E-state index in [-0.39, 0.29) is 24.8 Å². The monoisotopic (exact) mass is 375 g/mol. The maximum absolute atomic E-state index is 12.4. The van der Waals surface area contributed by atoms with Crippen molar-refractivity contribution in [2.75, 3.05) is 13.1 Å². The Morgan fingerprint density at radius 3 is 2.52 bits per heavy atom. The van der Waals surface area contributed by atoms with Crippen LogP contribution >= 0.6 is 0 Å². The first-order valence-corrected chi connectivity index (χ1v) is 8.90. The van der Waals surface area contributed by atoms with Crippen molar-refractivity contribution in [1.29, 1.82) is 0 Å². The third-order valence-corrected chi connectivity index (χ3v) is 4.41. The highest BCUT2D eigenvalue weighted by atomic mass is 16.5. The maximum Gasteiger partial charge on any atom is 0.318 e. The molecule has 0 radical (unpaired) electrons. The average molecular weight is 375 g/mol. The van der Waals surface area contributed by atoms with Gasteiger partial charge in [-0.2, -0.15) is 0 Å². The molecule has 1 aliphatic heterocycles. The lowest BCUT2D eigenvalue weighted by Gasteiger charge is -2.22. The second kappa shape index (κ2) is 9.16. The van der Waals surface area contributed by atoms with Crippen LogP contribution in [0.2, 0.25) is 0 Å². The van der Waals surface area contributed by atoms with Gasteiger partial charge in [0.25, 0.3) is 5.91 Å². The molecule has 1 aromatic rings. The number of benzene rings is 1. The van der Waals surface area contributed by atoms with Crippen molar-refractivity contribution >= 4 is 23.8 Å². The smallest absolute Gasteiger partial charge is 0.318 e. The Balaban J connectivity index is 1.91. The third-order valence-electron chi connectivity index (χ3n) is 4.41. The van der Waals surface area contributed by atoms with Gasteiger partial charge in [-0.1, -0.05) is 44.2 Å². The highest BCUT2D eigenvalue weighted by Crippen LogP contribution is 2.21. The zero-order chi connectivity index (χ0) is 20.0. The Bertz CT molecular complexity index is 705. The lowest BCUT2D eigenvalue weighted by atomic mass is 10.1. The number of hydrogen-bond acceptors (Lipinski definition) is 5. The van der Waals surface area contributed by atoms with Gasteiger partial charge in [0, 0.05) is 19.5 Å². The summed E-state index contributed by atoms with van der Waals surface area (Å²) in [6.45, 7) is 4.14. The minimum Gasteiger partial charge on any atom is -0.452 e. The summed E-state index contributed by atoms with van der Waals surface area (Å²) in [6.07, 6.45) is -0.390. The molecule has 3 N–H and O–H groups in total. The molecule has 8 nitrogen and oxygen atoms in total. The van der Waals surface area contributed by atoms with Crippen molar-refractivity contribution in [3.8, 4) is 0 Å². The summed E-state index contributed by atoms with van der Waals surface area (Å²) < 4.78 is 5.28. The summed E-state index contributed by atoms with van der Waals surface area (Å²) in [5, 5.41) is 1.92. The quantitative estimate of drug-likeness (QED) is 0.685. The van der Waals surface area contributed by atoms with Crippen LogP contribution in [0.4, 0.5) is 4.79 Å². The van der Waals surface area contributed by atoms with Gasteiger partial charge in [0.05, 0.1) is 5.92 Å². The zero-order valence-corrected chi connectivity index (χ0v) is 15.5. The number of nitrogens with zero attached hydrogens (tertiary/aromatic N) is 1. The Morgan fingerprint density at radius 1 is 1.26 bits per heavy atom. The van der Waals surface area contributed by atoms with Gasteiger partial charge in [-0.25, -0.2) is 4.79 Å². The Morgan fingerprint density at radius 2 is 1.93 bits per heavy atom. The summed E-state index contributed by atoms with van der Waals surface area (Å²) in [5.74, 6) is -2.48. The number of likely N-dealkylation sites (tertiary alicyclic amines) is 1. The van der Waals surface area contributed by atoms with Crippen LogP contribution in [0.3, 0.4) is 0 Å². The minimum absolute atomic E-state index is 0.0515. The molecule has 2 atom stereocenters. The van der Waals surface area contributed by atoms with Crippen molar-refractivity contribution in [2.24, 2.45) is 17.6 Å². The van der Waals surface area contributed by atoms with E-state index in [1.807, 2.05) is 35.6 Å². The number of nitrogens with one attached hydrogen (secondary N) is 1. The molecule has 1 aliphatic rings. The number of nitrogens with two attached hydrogens (primary N) is 1. The summed E-state index contributed by atoms with van der Waals surface area (Å²) >= 11 is 0. The Labute approximate surface area is 158 Å². The summed E-state index contributed by atoms with van der Waals surface area (Å²) in [5.41, 5.74) is 6.05. The van der Waals surface area contributed by atoms with Crippen LogP contribution in [0.1, 0.15) is 25.8 Å². The topological polar surface area (TPSA) is 119 Å². The van der Waals surface area contributed by atoms with Gasteiger partial charge in [-0.15, -0.1) is 0 Å². The molecular weight excluding hydrogens is 350 g/mol. The molecule has 1 fully saturated rings. The Hall–Kier alpha value is -2.90. The highest BCUT2D eigenvalue weighted by Gasteiger charge is 2.37. The van der Waals surface area contributed by atoms with E-state index in [9.17, 15) is 19.2 Å². The molecule has 1 saturated heterocycles. The molecule has 4 amide bonds. The van der Waals surface area contributed by atoms with Gasteiger partial charge in [0.2, 0.25) is 5.91 Å². The molecule has 0 unspecified atom stereocenters. The van der Waals surface area contributed by atoms with E-state index in [1.165, 1.54) is 0 Å². The minimum atomic E-state index is -1.14. The Kier molecular flexibility index (Phi) is 6.92. The largest absolute Gasteiger partial charge is 0.452 e. The van der Waals surface area contributed by atoms with Gasteiger partial charge in [-0.05, 0) is 17.9 Å². The first kappa shape index (κ1) is 20.4. The van der Waals surface area contributed by atoms with E-state index in [2.05, 4.69) is 0 Å². The third kappa shape index (κ3) is 5.80. The van der Waals surface area contributed by atoms with Crippen LogP contribution in [0.15, 0.2) is 30.3 Å². The van der Waals surface area contributed by atoms with Crippen LogP contribution in [0.25, 0.3) is 0 Å². The van der Waals surface area contributed by atoms with Crippen LogP contribution in [-0.2, 0) is 25.5 Å². The molecule has 27 heavy (non-hydrogen) atoms. The fourth-order valence-electron chi connectivity index (χ4n) is 2.96. The molecule has 0 bridgehead atoms. The van der Waals surface area contributed by atoms with Crippen LogP contribution in [-0.4, -0.2) is 47.9 Å². The van der Waals surface area contributed by atoms with Gasteiger partial charge in [0.1, 0.15) is 0 Å². The molecule has 8 heteroatoms. The zero-order valence-electron chi connectivity index (χ0n) is 15.5. The lowest BCUT2D eigenvalue weighted by molar-refractivity contribution is -0.162. The normalized spacial score (nSPS) is 17.7.